The largest absolute Gasteiger partial charge is 0.285 e. The van der Waals surface area contributed by atoms with Crippen LogP contribution < -0.4 is 0 Å². The van der Waals surface area contributed by atoms with Gasteiger partial charge in [0.1, 0.15) is 16.8 Å². The van der Waals surface area contributed by atoms with Crippen molar-refractivity contribution in [3.63, 3.8) is 0 Å². The smallest absolute Gasteiger partial charge is 0.275 e. The minimum absolute atomic E-state index is 0.314. The molecule has 2 aliphatic carbocycles. The van der Waals surface area contributed by atoms with Gasteiger partial charge in [0.15, 0.2) is 0 Å². The van der Waals surface area contributed by atoms with Crippen molar-refractivity contribution in [3.8, 4) is 0 Å². The number of hydrogen-bond donors (Lipinski definition) is 2. The maximum atomic E-state index is 13.6. The fourth-order valence-electron chi connectivity index (χ4n) is 6.68. The second-order valence-corrected chi connectivity index (χ2v) is 20.3. The highest BCUT2D eigenvalue weighted by atomic mass is 79.9. The van der Waals surface area contributed by atoms with Gasteiger partial charge in [-0.2, -0.15) is 16.8 Å². The summed E-state index contributed by atoms with van der Waals surface area (Å²) in [7, 11) is -13.9. The predicted molar refractivity (Wildman–Crippen MR) is 149 cm³/mol. The van der Waals surface area contributed by atoms with Crippen LogP contribution in [0.1, 0.15) is 47.2 Å². The Morgan fingerprint density at radius 3 is 1.29 bits per heavy atom. The first-order valence-corrected chi connectivity index (χ1v) is 18.2. The molecular weight excluding hydrogens is 636 g/mol. The number of benzene rings is 2. The molecule has 2 aromatic rings. The summed E-state index contributed by atoms with van der Waals surface area (Å²) >= 11 is 7.03. The fraction of sp³-hybridized carbons (Fsp3) is 0.333. The first kappa shape index (κ1) is 27.0. The van der Waals surface area contributed by atoms with E-state index in [0.717, 1.165) is 11.1 Å². The second-order valence-electron chi connectivity index (χ2n) is 10.0. The highest BCUT2D eigenvalue weighted by Crippen LogP contribution is 2.63. The van der Waals surface area contributed by atoms with Gasteiger partial charge in [-0.1, -0.05) is 69.2 Å². The average molecular weight is 662 g/mol. The summed E-state index contributed by atoms with van der Waals surface area (Å²) in [5.41, 5.74) is 3.89. The molecule has 35 heavy (non-hydrogen) atoms. The van der Waals surface area contributed by atoms with E-state index in [9.17, 15) is 25.9 Å². The van der Waals surface area contributed by atoms with Gasteiger partial charge in [0.25, 0.3) is 20.2 Å². The minimum atomic E-state index is -4.94. The fourth-order valence-corrected chi connectivity index (χ4v) is 20.5. The number of hydrogen-bond acceptors (Lipinski definition) is 4. The first-order valence-electron chi connectivity index (χ1n) is 10.8. The molecule has 2 N–H and O–H groups in total. The van der Waals surface area contributed by atoms with Gasteiger partial charge in [0.2, 0.25) is 0 Å². The van der Waals surface area contributed by atoms with Crippen molar-refractivity contribution < 1.29 is 25.9 Å². The van der Waals surface area contributed by atoms with Crippen LogP contribution in [0.25, 0.3) is 12.2 Å². The van der Waals surface area contributed by atoms with Crippen molar-refractivity contribution in [3.05, 3.63) is 77.7 Å². The van der Waals surface area contributed by atoms with Crippen molar-refractivity contribution in [2.75, 3.05) is 0 Å². The van der Waals surface area contributed by atoms with Crippen molar-refractivity contribution in [2.24, 2.45) is 0 Å². The maximum absolute atomic E-state index is 13.6. The lowest BCUT2D eigenvalue weighted by atomic mass is 10.0. The molecule has 0 radical (unpaired) electrons. The molecule has 0 heterocycles. The Hall–Kier alpha value is -1.08. The van der Waals surface area contributed by atoms with Crippen LogP contribution in [-0.2, 0) is 29.0 Å². The molecule has 0 saturated carbocycles. The van der Waals surface area contributed by atoms with Crippen molar-refractivity contribution in [2.45, 2.75) is 49.5 Å². The lowest BCUT2D eigenvalue weighted by Crippen LogP contribution is -2.70. The molecule has 0 amide bonds. The summed E-state index contributed by atoms with van der Waals surface area (Å²) in [6.45, 7) is 10.1. The molecule has 2 aromatic carbocycles. The number of rotatable bonds is 4. The molecule has 0 aliphatic heterocycles. The zero-order valence-corrected chi connectivity index (χ0v) is 25.9. The predicted octanol–water partition coefficient (Wildman–Crippen LogP) is 6.32. The summed E-state index contributed by atoms with van der Waals surface area (Å²) < 4.78 is 73.7. The second kappa shape index (κ2) is 7.96. The van der Waals surface area contributed by atoms with Crippen LogP contribution in [0.3, 0.4) is 0 Å². The molecule has 6 nitrogen and oxygen atoms in total. The molecule has 2 aliphatic rings. The normalized spacial score (nSPS) is 24.2. The third kappa shape index (κ3) is 3.22. The molecule has 0 saturated heterocycles. The van der Waals surface area contributed by atoms with E-state index < -0.39 is 37.1 Å². The molecule has 0 fully saturated rings. The summed E-state index contributed by atoms with van der Waals surface area (Å²) in [5, 5.41) is 0. The third-order valence-corrected chi connectivity index (χ3v) is 21.1. The highest BCUT2D eigenvalue weighted by molar-refractivity contribution is 9.10. The summed E-state index contributed by atoms with van der Waals surface area (Å²) in [6, 6.07) is 7.06. The van der Waals surface area contributed by atoms with E-state index in [4.69, 9.17) is 0 Å². The molecule has 2 unspecified atom stereocenters. The van der Waals surface area contributed by atoms with Crippen LogP contribution in [0.15, 0.2) is 44.4 Å². The SMILES string of the molecule is CC1=Cc2c(Br)cc(C)cc2C1([Si](C)(C)C1(S(=O)(=O)O)C(C)=Cc2c(Br)cc(C)cc21)S(=O)(=O)O. The van der Waals surface area contributed by atoms with E-state index in [2.05, 4.69) is 31.9 Å². The zero-order valence-electron chi connectivity index (χ0n) is 20.1. The van der Waals surface area contributed by atoms with Gasteiger partial charge in [0.05, 0.1) is 0 Å². The van der Waals surface area contributed by atoms with Crippen LogP contribution in [0, 0.1) is 13.8 Å². The molecular formula is C24H26Br2O6S2Si. The number of halogens is 2. The standard InChI is InChI=1S/C24H26Br2O6S2Si/c1-13-7-19-17(21(25)9-13)11-15(3)23(19,33(27,28)29)35(5,6)24(34(30,31)32)16(4)12-18-20(24)8-14(2)10-22(18)26/h7-12H,1-6H3,(H,27,28,29)(H,30,31,32). The highest BCUT2D eigenvalue weighted by Gasteiger charge is 2.74. The molecule has 0 spiro atoms. The summed E-state index contributed by atoms with van der Waals surface area (Å²) in [5.74, 6) is 0. The minimum Gasteiger partial charge on any atom is -0.285 e. The Bertz CT molecular complexity index is 1470. The van der Waals surface area contributed by atoms with Gasteiger partial charge in [-0.05, 0) is 84.4 Å². The van der Waals surface area contributed by atoms with E-state index in [1.165, 1.54) is 0 Å². The third-order valence-electron chi connectivity index (χ3n) is 7.67. The maximum Gasteiger partial charge on any atom is 0.275 e. The first-order chi connectivity index (χ1) is 15.9. The molecule has 188 valence electrons. The van der Waals surface area contributed by atoms with Crippen molar-refractivity contribution in [1.82, 2.24) is 0 Å². The molecule has 2 atom stereocenters. The van der Waals surface area contributed by atoms with Crippen LogP contribution in [0.2, 0.25) is 13.1 Å². The summed E-state index contributed by atoms with van der Waals surface area (Å²) in [4.78, 5) is 0. The Morgan fingerprint density at radius 1 is 0.686 bits per heavy atom. The number of aryl methyl sites for hydroxylation is 2. The van der Waals surface area contributed by atoms with E-state index in [1.807, 2.05) is 12.1 Å². The van der Waals surface area contributed by atoms with E-state index in [-0.39, 0.29) is 0 Å². The quantitative estimate of drug-likeness (QED) is 0.293. The van der Waals surface area contributed by atoms with Gasteiger partial charge >= 0.3 is 0 Å². The topological polar surface area (TPSA) is 109 Å². The average Bonchev–Trinajstić information content (AvgIpc) is 3.13. The van der Waals surface area contributed by atoms with Crippen LogP contribution in [-0.4, -0.2) is 34.0 Å². The lowest BCUT2D eigenvalue weighted by molar-refractivity contribution is 0.458. The summed E-state index contributed by atoms with van der Waals surface area (Å²) in [6.07, 6.45) is 3.36. The Balaban J connectivity index is 2.29. The van der Waals surface area contributed by atoms with Crippen LogP contribution in [0.4, 0.5) is 0 Å². The van der Waals surface area contributed by atoms with Gasteiger partial charge < -0.3 is 0 Å². The van der Waals surface area contributed by atoms with E-state index >= 15 is 0 Å². The lowest BCUT2D eigenvalue weighted by Gasteiger charge is -2.51. The molecule has 4 rings (SSSR count). The van der Waals surface area contributed by atoms with Crippen LogP contribution in [0.5, 0.6) is 0 Å². The van der Waals surface area contributed by atoms with Crippen molar-refractivity contribution in [1.29, 1.82) is 0 Å². The van der Waals surface area contributed by atoms with Gasteiger partial charge in [-0.15, -0.1) is 0 Å². The monoisotopic (exact) mass is 660 g/mol. The van der Waals surface area contributed by atoms with Gasteiger partial charge in [0, 0.05) is 8.95 Å². The molecule has 0 bridgehead atoms. The molecule has 0 aromatic heterocycles. The van der Waals surface area contributed by atoms with Gasteiger partial charge in [-0.3, -0.25) is 9.11 Å². The Kier molecular flexibility index (Phi) is 6.13. The van der Waals surface area contributed by atoms with Crippen molar-refractivity contribution >= 4 is 72.3 Å². The van der Waals surface area contributed by atoms with E-state index in [1.54, 1.807) is 65.1 Å². The molecule has 11 heteroatoms. The van der Waals surface area contributed by atoms with Crippen LogP contribution >= 0.6 is 31.9 Å². The van der Waals surface area contributed by atoms with E-state index in [0.29, 0.717) is 42.3 Å². The number of fused-ring (bicyclic) bond motifs is 2. The Labute approximate surface area is 224 Å². The zero-order chi connectivity index (χ0) is 26.5. The van der Waals surface area contributed by atoms with Gasteiger partial charge in [-0.25, -0.2) is 0 Å². The Morgan fingerprint density at radius 2 is 1.00 bits per heavy atom.